The van der Waals surface area contributed by atoms with E-state index in [1.54, 1.807) is 0 Å². The summed E-state index contributed by atoms with van der Waals surface area (Å²) in [6, 6.07) is 20.9. The molecule has 3 amide bonds. The van der Waals surface area contributed by atoms with Gasteiger partial charge < -0.3 is 16.0 Å². The van der Waals surface area contributed by atoms with Gasteiger partial charge in [0.15, 0.2) is 0 Å². The molecule has 0 radical (unpaired) electrons. The molecule has 0 saturated carbocycles. The Balaban J connectivity index is 2.64. The first-order valence-corrected chi connectivity index (χ1v) is 16.9. The lowest BCUT2D eigenvalue weighted by Gasteiger charge is -2.42. The second-order valence-corrected chi connectivity index (χ2v) is 15.5. The van der Waals surface area contributed by atoms with E-state index in [0.29, 0.717) is 24.9 Å². The maximum atomic E-state index is 13.9. The van der Waals surface area contributed by atoms with Gasteiger partial charge >= 0.3 is 0 Å². The lowest BCUT2D eigenvalue weighted by Crippen LogP contribution is -2.72. The van der Waals surface area contributed by atoms with Crippen LogP contribution in [0.1, 0.15) is 73.6 Å². The van der Waals surface area contributed by atoms with E-state index in [4.69, 9.17) is 0 Å². The van der Waals surface area contributed by atoms with E-state index >= 15 is 0 Å². The van der Waals surface area contributed by atoms with Gasteiger partial charge in [-0.15, -0.1) is 0 Å². The van der Waals surface area contributed by atoms with Crippen molar-refractivity contribution in [2.45, 2.75) is 91.4 Å². The zero-order valence-corrected chi connectivity index (χ0v) is 25.8. The highest BCUT2D eigenvalue weighted by molar-refractivity contribution is 7.03. The van der Waals surface area contributed by atoms with Gasteiger partial charge in [-0.1, -0.05) is 118 Å². The fraction of sp³-hybridized carbons (Fsp3) is 0.531. The van der Waals surface area contributed by atoms with E-state index in [1.165, 1.54) is 17.3 Å². The van der Waals surface area contributed by atoms with Crippen LogP contribution in [-0.4, -0.2) is 44.0 Å². The molecule has 0 spiro atoms. The standard InChI is InChI=1S/C32H49N3O3Si/c1-7-9-21-33-29(37)20-22-39(27-16-12-10-13-17-27,28-18-14-11-15-19-28)30(23-24(3)4)35-32(38)31(25(5)8-2)34-26(6)36/h10-19,24-25,30-31H,7-9,20-23H2,1-6H3,(H,33,37)(H,34,36)(H,35,38)/t25-,30+,31-/m0/s1. The third-order valence-electron chi connectivity index (χ3n) is 7.65. The van der Waals surface area contributed by atoms with Crippen LogP contribution in [0.2, 0.25) is 6.04 Å². The summed E-state index contributed by atoms with van der Waals surface area (Å²) in [6.45, 7) is 12.6. The van der Waals surface area contributed by atoms with E-state index in [1.807, 2.05) is 26.0 Å². The van der Waals surface area contributed by atoms with Crippen molar-refractivity contribution in [1.29, 1.82) is 0 Å². The predicted molar refractivity (Wildman–Crippen MR) is 164 cm³/mol. The van der Waals surface area contributed by atoms with Gasteiger partial charge in [-0.05, 0) is 30.7 Å². The van der Waals surface area contributed by atoms with E-state index < -0.39 is 14.1 Å². The second kappa shape index (κ2) is 16.2. The maximum absolute atomic E-state index is 13.9. The Morgan fingerprint density at radius 3 is 1.87 bits per heavy atom. The summed E-state index contributed by atoms with van der Waals surface area (Å²) < 4.78 is 0. The number of nitrogens with one attached hydrogen (secondary N) is 3. The van der Waals surface area contributed by atoms with Gasteiger partial charge in [-0.3, -0.25) is 14.4 Å². The Hall–Kier alpha value is -2.93. The van der Waals surface area contributed by atoms with Crippen LogP contribution in [0.5, 0.6) is 0 Å². The lowest BCUT2D eigenvalue weighted by molar-refractivity contribution is -0.129. The Kier molecular flexibility index (Phi) is 13.4. The fourth-order valence-corrected chi connectivity index (χ4v) is 10.9. The van der Waals surface area contributed by atoms with Gasteiger partial charge in [-0.2, -0.15) is 0 Å². The quantitative estimate of drug-likeness (QED) is 0.216. The third kappa shape index (κ3) is 9.34. The third-order valence-corrected chi connectivity index (χ3v) is 13.0. The molecule has 0 aliphatic carbocycles. The van der Waals surface area contributed by atoms with Crippen molar-refractivity contribution in [3.8, 4) is 0 Å². The average molecular weight is 552 g/mol. The van der Waals surface area contributed by atoms with E-state index in [2.05, 4.69) is 85.3 Å². The van der Waals surface area contributed by atoms with Gasteiger partial charge in [-0.25, -0.2) is 0 Å². The largest absolute Gasteiger partial charge is 0.356 e. The summed E-state index contributed by atoms with van der Waals surface area (Å²) in [7, 11) is -2.75. The molecule has 0 saturated heterocycles. The average Bonchev–Trinajstić information content (AvgIpc) is 2.92. The maximum Gasteiger partial charge on any atom is 0.242 e. The van der Waals surface area contributed by atoms with E-state index in [9.17, 15) is 14.4 Å². The molecule has 39 heavy (non-hydrogen) atoms. The van der Waals surface area contributed by atoms with Crippen molar-refractivity contribution >= 4 is 36.2 Å². The first-order chi connectivity index (χ1) is 18.6. The second-order valence-electron chi connectivity index (χ2n) is 11.2. The van der Waals surface area contributed by atoms with Crippen LogP contribution in [0.15, 0.2) is 60.7 Å². The predicted octanol–water partition coefficient (Wildman–Crippen LogP) is 4.18. The zero-order chi connectivity index (χ0) is 28.8. The lowest BCUT2D eigenvalue weighted by atomic mass is 9.98. The number of hydrogen-bond acceptors (Lipinski definition) is 3. The highest BCUT2D eigenvalue weighted by Gasteiger charge is 2.46. The Morgan fingerprint density at radius 2 is 1.41 bits per heavy atom. The smallest absolute Gasteiger partial charge is 0.242 e. The van der Waals surface area contributed by atoms with Crippen molar-refractivity contribution in [1.82, 2.24) is 16.0 Å². The molecule has 7 heteroatoms. The van der Waals surface area contributed by atoms with Crippen LogP contribution >= 0.6 is 0 Å². The first-order valence-electron chi connectivity index (χ1n) is 14.6. The van der Waals surface area contributed by atoms with Crippen LogP contribution in [0.25, 0.3) is 0 Å². The molecule has 0 aliphatic heterocycles. The highest BCUT2D eigenvalue weighted by atomic mass is 28.3. The number of carbonyl (C=O) groups is 3. The molecule has 0 unspecified atom stereocenters. The molecule has 0 aliphatic rings. The molecule has 0 bridgehead atoms. The first kappa shape index (κ1) is 32.3. The number of hydrogen-bond donors (Lipinski definition) is 3. The van der Waals surface area contributed by atoms with Crippen LogP contribution in [0.3, 0.4) is 0 Å². The van der Waals surface area contributed by atoms with Crippen molar-refractivity contribution in [3.05, 3.63) is 60.7 Å². The molecule has 2 rings (SSSR count). The number of rotatable bonds is 16. The summed E-state index contributed by atoms with van der Waals surface area (Å²) in [5.41, 5.74) is -0.168. The molecule has 0 heterocycles. The Morgan fingerprint density at radius 1 is 0.846 bits per heavy atom. The van der Waals surface area contributed by atoms with E-state index in [-0.39, 0.29) is 29.3 Å². The zero-order valence-electron chi connectivity index (χ0n) is 24.8. The molecular weight excluding hydrogens is 502 g/mol. The Labute approximate surface area is 236 Å². The summed E-state index contributed by atoms with van der Waals surface area (Å²) in [5.74, 6) is -0.00799. The highest BCUT2D eigenvalue weighted by Crippen LogP contribution is 2.24. The molecule has 3 N–H and O–H groups in total. The molecule has 0 fully saturated rings. The van der Waals surface area contributed by atoms with Crippen molar-refractivity contribution in [2.75, 3.05) is 6.54 Å². The van der Waals surface area contributed by atoms with Gasteiger partial charge in [0.1, 0.15) is 14.1 Å². The topological polar surface area (TPSA) is 87.3 Å². The monoisotopic (exact) mass is 551 g/mol. The molecular formula is C32H49N3O3Si. The summed E-state index contributed by atoms with van der Waals surface area (Å²) in [5, 5.41) is 11.8. The summed E-state index contributed by atoms with van der Waals surface area (Å²) in [6.07, 6.45) is 3.92. The van der Waals surface area contributed by atoms with E-state index in [0.717, 1.165) is 25.7 Å². The minimum Gasteiger partial charge on any atom is -0.356 e. The summed E-state index contributed by atoms with van der Waals surface area (Å²) >= 11 is 0. The van der Waals surface area contributed by atoms with Gasteiger partial charge in [0.25, 0.3) is 0 Å². The number of unbranched alkanes of at least 4 members (excludes halogenated alkanes) is 1. The Bertz CT molecular complexity index is 990. The van der Waals surface area contributed by atoms with Crippen LogP contribution in [0, 0.1) is 11.8 Å². The van der Waals surface area contributed by atoms with Gasteiger partial charge in [0.05, 0.1) is 0 Å². The molecule has 2 aromatic carbocycles. The molecule has 0 aromatic heterocycles. The molecule has 214 valence electrons. The van der Waals surface area contributed by atoms with Crippen LogP contribution in [-0.2, 0) is 14.4 Å². The molecule has 6 nitrogen and oxygen atoms in total. The summed E-state index contributed by atoms with van der Waals surface area (Å²) in [4.78, 5) is 39.0. The van der Waals surface area contributed by atoms with Crippen molar-refractivity contribution < 1.29 is 14.4 Å². The number of amides is 3. The normalized spacial score (nSPS) is 13.8. The van der Waals surface area contributed by atoms with Crippen molar-refractivity contribution in [3.63, 3.8) is 0 Å². The molecule has 3 atom stereocenters. The number of carbonyl (C=O) groups excluding carboxylic acids is 3. The number of benzene rings is 2. The van der Waals surface area contributed by atoms with Crippen LogP contribution in [0.4, 0.5) is 0 Å². The van der Waals surface area contributed by atoms with Crippen molar-refractivity contribution in [2.24, 2.45) is 11.8 Å². The minimum absolute atomic E-state index is 0.0116. The van der Waals surface area contributed by atoms with Gasteiger partial charge in [0, 0.05) is 25.6 Å². The molecule has 2 aromatic rings. The van der Waals surface area contributed by atoms with Gasteiger partial charge in [0.2, 0.25) is 17.7 Å². The fourth-order valence-electron chi connectivity index (χ4n) is 5.34. The van der Waals surface area contributed by atoms with Crippen LogP contribution < -0.4 is 26.3 Å². The SMILES string of the molecule is CCCCNC(=O)CC[Si](c1ccccc1)(c1ccccc1)[C@H](CC(C)C)NC(=O)[C@@H](NC(C)=O)[C@@H](C)CC. The minimum atomic E-state index is -2.75.